The molecule has 2 rings (SSSR count). The van der Waals surface area contributed by atoms with Gasteiger partial charge in [-0.2, -0.15) is 5.06 Å². The molecule has 0 saturated carbocycles. The highest BCUT2D eigenvalue weighted by Crippen LogP contribution is 2.15. The summed E-state index contributed by atoms with van der Waals surface area (Å²) in [5.74, 6) is 3.20. The SMILES string of the molecule is C[Si](C)(C)C#C[C@@H]([C@H]1COCO1)N(O)Cc1ccccc1. The molecule has 1 aromatic carbocycles. The Balaban J connectivity index is 2.11. The maximum Gasteiger partial charge on any atom is 0.147 e. The van der Waals surface area contributed by atoms with Crippen molar-refractivity contribution in [3.05, 3.63) is 35.9 Å². The summed E-state index contributed by atoms with van der Waals surface area (Å²) in [4.78, 5) is 0. The fourth-order valence-electron chi connectivity index (χ4n) is 2.05. The van der Waals surface area contributed by atoms with Gasteiger partial charge in [-0.3, -0.25) is 0 Å². The minimum atomic E-state index is -1.50. The highest BCUT2D eigenvalue weighted by Gasteiger charge is 2.30. The summed E-state index contributed by atoms with van der Waals surface area (Å²) in [6, 6.07) is 9.49. The molecular weight excluding hydrogens is 282 g/mol. The summed E-state index contributed by atoms with van der Waals surface area (Å²) in [7, 11) is -1.50. The second-order valence-corrected chi connectivity index (χ2v) is 11.0. The lowest BCUT2D eigenvalue weighted by atomic mass is 10.1. The smallest absolute Gasteiger partial charge is 0.147 e. The van der Waals surface area contributed by atoms with Crippen LogP contribution >= 0.6 is 0 Å². The van der Waals surface area contributed by atoms with Crippen molar-refractivity contribution in [3.8, 4) is 11.5 Å². The third-order valence-electron chi connectivity index (χ3n) is 3.10. The van der Waals surface area contributed by atoms with E-state index in [4.69, 9.17) is 9.47 Å². The first kappa shape index (κ1) is 16.2. The molecule has 1 aliphatic rings. The van der Waals surface area contributed by atoms with Gasteiger partial charge in [0.05, 0.1) is 13.2 Å². The van der Waals surface area contributed by atoms with Gasteiger partial charge in [0.2, 0.25) is 0 Å². The lowest BCUT2D eigenvalue weighted by molar-refractivity contribution is -0.145. The molecule has 0 aliphatic carbocycles. The molecule has 1 saturated heterocycles. The zero-order chi connectivity index (χ0) is 15.3. The molecule has 4 nitrogen and oxygen atoms in total. The first-order chi connectivity index (χ1) is 9.96. The maximum absolute atomic E-state index is 10.4. The van der Waals surface area contributed by atoms with Crippen LogP contribution in [0.2, 0.25) is 19.6 Å². The van der Waals surface area contributed by atoms with Crippen LogP contribution in [-0.2, 0) is 16.0 Å². The third kappa shape index (κ3) is 5.27. The molecule has 5 heteroatoms. The van der Waals surface area contributed by atoms with E-state index in [1.165, 1.54) is 5.06 Å². The van der Waals surface area contributed by atoms with Gasteiger partial charge >= 0.3 is 0 Å². The number of rotatable bonds is 4. The average molecular weight is 305 g/mol. The topological polar surface area (TPSA) is 41.9 Å². The van der Waals surface area contributed by atoms with Crippen molar-refractivity contribution < 1.29 is 14.7 Å². The minimum absolute atomic E-state index is 0.206. The van der Waals surface area contributed by atoms with E-state index in [9.17, 15) is 5.21 Å². The molecular formula is C16H23NO3Si. The minimum Gasteiger partial charge on any atom is -0.353 e. The number of ether oxygens (including phenoxy) is 2. The standard InChI is InChI=1S/C16H23NO3Si/c1-21(2,3)10-9-15(16-12-19-13-20-16)17(18)11-14-7-5-4-6-8-14/h4-8,15-16,18H,11-13H2,1-3H3/t15-,16+/m0/s1. The van der Waals surface area contributed by atoms with E-state index >= 15 is 0 Å². The average Bonchev–Trinajstić information content (AvgIpc) is 2.92. The molecule has 1 fully saturated rings. The van der Waals surface area contributed by atoms with Crippen molar-refractivity contribution in [2.24, 2.45) is 0 Å². The van der Waals surface area contributed by atoms with E-state index in [1.807, 2.05) is 30.3 Å². The largest absolute Gasteiger partial charge is 0.353 e. The molecule has 2 atom stereocenters. The number of nitrogens with zero attached hydrogens (tertiary/aromatic N) is 1. The fraction of sp³-hybridized carbons (Fsp3) is 0.500. The van der Waals surface area contributed by atoms with Gasteiger partial charge in [0.1, 0.15) is 27.0 Å². The number of hydrogen-bond donors (Lipinski definition) is 1. The van der Waals surface area contributed by atoms with Gasteiger partial charge in [0.25, 0.3) is 0 Å². The Labute approximate surface area is 127 Å². The van der Waals surface area contributed by atoms with E-state index in [-0.39, 0.29) is 18.9 Å². The Kier molecular flexibility index (Phi) is 5.56. The van der Waals surface area contributed by atoms with Crippen molar-refractivity contribution in [2.75, 3.05) is 13.4 Å². The highest BCUT2D eigenvalue weighted by molar-refractivity contribution is 6.83. The van der Waals surface area contributed by atoms with E-state index in [2.05, 4.69) is 31.1 Å². The summed E-state index contributed by atoms with van der Waals surface area (Å²) >= 11 is 0. The van der Waals surface area contributed by atoms with E-state index < -0.39 is 8.07 Å². The van der Waals surface area contributed by atoms with Crippen molar-refractivity contribution >= 4 is 8.07 Å². The maximum atomic E-state index is 10.4. The second-order valence-electron chi connectivity index (χ2n) is 6.24. The van der Waals surface area contributed by atoms with Crippen molar-refractivity contribution in [3.63, 3.8) is 0 Å². The van der Waals surface area contributed by atoms with Crippen LogP contribution in [0.4, 0.5) is 0 Å². The van der Waals surface area contributed by atoms with Crippen molar-refractivity contribution in [2.45, 2.75) is 38.3 Å². The lowest BCUT2D eigenvalue weighted by Crippen LogP contribution is -2.42. The highest BCUT2D eigenvalue weighted by atomic mass is 28.3. The molecule has 21 heavy (non-hydrogen) atoms. The number of benzene rings is 1. The van der Waals surface area contributed by atoms with Crippen LogP contribution in [-0.4, -0.2) is 43.9 Å². The Morgan fingerprint density at radius 1 is 1.33 bits per heavy atom. The third-order valence-corrected chi connectivity index (χ3v) is 4.00. The Morgan fingerprint density at radius 3 is 2.62 bits per heavy atom. The molecule has 0 amide bonds. The quantitative estimate of drug-likeness (QED) is 0.527. The van der Waals surface area contributed by atoms with Gasteiger partial charge in [0.15, 0.2) is 0 Å². The Hall–Kier alpha value is -1.16. The molecule has 1 N–H and O–H groups in total. The summed E-state index contributed by atoms with van der Waals surface area (Å²) < 4.78 is 10.8. The number of hydrogen-bond acceptors (Lipinski definition) is 4. The van der Waals surface area contributed by atoms with E-state index in [0.717, 1.165) is 5.56 Å². The summed E-state index contributed by atoms with van der Waals surface area (Å²) in [6.07, 6.45) is -0.206. The number of hydroxylamine groups is 2. The molecule has 0 aromatic heterocycles. The van der Waals surface area contributed by atoms with Crippen molar-refractivity contribution in [1.82, 2.24) is 5.06 Å². The monoisotopic (exact) mass is 305 g/mol. The summed E-state index contributed by atoms with van der Waals surface area (Å²) in [5.41, 5.74) is 4.36. The van der Waals surface area contributed by atoms with Crippen LogP contribution in [0.15, 0.2) is 30.3 Å². The normalized spacial score (nSPS) is 20.1. The van der Waals surface area contributed by atoms with Crippen LogP contribution in [0.25, 0.3) is 0 Å². The van der Waals surface area contributed by atoms with Crippen LogP contribution < -0.4 is 0 Å². The Morgan fingerprint density at radius 2 is 2.05 bits per heavy atom. The predicted octanol–water partition coefficient (Wildman–Crippen LogP) is 2.50. The predicted molar refractivity (Wildman–Crippen MR) is 84.4 cm³/mol. The second kappa shape index (κ2) is 7.21. The zero-order valence-electron chi connectivity index (χ0n) is 12.9. The molecule has 1 aromatic rings. The fourth-order valence-corrected chi connectivity index (χ4v) is 2.63. The lowest BCUT2D eigenvalue weighted by Gasteiger charge is -2.25. The van der Waals surface area contributed by atoms with Crippen molar-refractivity contribution in [1.29, 1.82) is 0 Å². The molecule has 1 heterocycles. The first-order valence-corrected chi connectivity index (χ1v) is 10.7. The van der Waals surface area contributed by atoms with E-state index in [1.54, 1.807) is 0 Å². The van der Waals surface area contributed by atoms with Crippen LogP contribution in [0.5, 0.6) is 0 Å². The summed E-state index contributed by atoms with van der Waals surface area (Å²) in [5, 5.41) is 11.7. The molecule has 0 spiro atoms. The molecule has 0 unspecified atom stereocenters. The van der Waals surface area contributed by atoms with Crippen LogP contribution in [0.1, 0.15) is 5.56 Å². The summed E-state index contributed by atoms with van der Waals surface area (Å²) in [6.45, 7) is 7.71. The van der Waals surface area contributed by atoms with Gasteiger partial charge in [-0.1, -0.05) is 55.9 Å². The van der Waals surface area contributed by atoms with Gasteiger partial charge in [-0.25, -0.2) is 0 Å². The first-order valence-electron chi connectivity index (χ1n) is 7.17. The molecule has 114 valence electrons. The van der Waals surface area contributed by atoms with Gasteiger partial charge in [0, 0.05) is 0 Å². The Bertz CT molecular complexity index is 498. The molecule has 0 radical (unpaired) electrons. The van der Waals surface area contributed by atoms with Crippen LogP contribution in [0, 0.1) is 11.5 Å². The van der Waals surface area contributed by atoms with Gasteiger partial charge in [-0.05, 0) is 5.56 Å². The van der Waals surface area contributed by atoms with Gasteiger partial charge < -0.3 is 14.7 Å². The molecule has 1 aliphatic heterocycles. The molecule has 0 bridgehead atoms. The van der Waals surface area contributed by atoms with Gasteiger partial charge in [-0.15, -0.1) is 5.54 Å². The van der Waals surface area contributed by atoms with Crippen LogP contribution in [0.3, 0.4) is 0 Å². The zero-order valence-corrected chi connectivity index (χ0v) is 13.9. The van der Waals surface area contributed by atoms with E-state index in [0.29, 0.717) is 13.2 Å².